The molecule has 21 heavy (non-hydrogen) atoms. The summed E-state index contributed by atoms with van der Waals surface area (Å²) in [5.74, 6) is 1.32. The second kappa shape index (κ2) is 6.64. The highest BCUT2D eigenvalue weighted by Gasteiger charge is 2.06. The maximum atomic E-state index is 12.1. The third-order valence-corrected chi connectivity index (χ3v) is 3.15. The Bertz CT molecular complexity index is 717. The summed E-state index contributed by atoms with van der Waals surface area (Å²) in [5, 5.41) is 0.642. The van der Waals surface area contributed by atoms with Crippen molar-refractivity contribution in [1.82, 2.24) is 4.98 Å². The second-order valence-electron chi connectivity index (χ2n) is 5.23. The zero-order valence-corrected chi connectivity index (χ0v) is 13.1. The van der Waals surface area contributed by atoms with Gasteiger partial charge in [0.2, 0.25) is 5.43 Å². The second-order valence-corrected chi connectivity index (χ2v) is 5.67. The summed E-state index contributed by atoms with van der Waals surface area (Å²) in [5.41, 5.74) is 1.48. The normalized spacial score (nSPS) is 11.3. The maximum absolute atomic E-state index is 12.1. The number of benzene rings is 1. The van der Waals surface area contributed by atoms with Crippen LogP contribution in [0.25, 0.3) is 6.08 Å². The van der Waals surface area contributed by atoms with E-state index in [1.54, 1.807) is 24.4 Å². The van der Waals surface area contributed by atoms with E-state index in [9.17, 15) is 4.79 Å². The van der Waals surface area contributed by atoms with Crippen molar-refractivity contribution in [3.63, 3.8) is 0 Å². The number of hydrogen-bond acceptors (Lipinski definition) is 2. The lowest BCUT2D eigenvalue weighted by Gasteiger charge is -2.08. The van der Waals surface area contributed by atoms with Crippen LogP contribution >= 0.6 is 11.6 Å². The Morgan fingerprint density at radius 2 is 2.00 bits per heavy atom. The van der Waals surface area contributed by atoms with Gasteiger partial charge in [-0.1, -0.05) is 31.5 Å². The van der Waals surface area contributed by atoms with Crippen molar-refractivity contribution in [1.29, 1.82) is 0 Å². The first kappa shape index (κ1) is 15.4. The van der Waals surface area contributed by atoms with Gasteiger partial charge in [0.15, 0.2) is 5.75 Å². The van der Waals surface area contributed by atoms with Crippen LogP contribution in [-0.4, -0.2) is 4.98 Å². The fourth-order valence-electron chi connectivity index (χ4n) is 1.79. The molecule has 0 atom stereocenters. The predicted octanol–water partition coefficient (Wildman–Crippen LogP) is 4.80. The van der Waals surface area contributed by atoms with E-state index in [0.717, 1.165) is 11.3 Å². The lowest BCUT2D eigenvalue weighted by molar-refractivity contribution is 0.472. The molecule has 1 N–H and O–H groups in total. The minimum atomic E-state index is -0.161. The Morgan fingerprint density at radius 1 is 1.24 bits per heavy atom. The first-order valence-electron chi connectivity index (χ1n) is 6.80. The van der Waals surface area contributed by atoms with Crippen LogP contribution in [0.2, 0.25) is 5.02 Å². The van der Waals surface area contributed by atoms with E-state index < -0.39 is 0 Å². The van der Waals surface area contributed by atoms with Gasteiger partial charge in [-0.25, -0.2) is 0 Å². The fraction of sp³-hybridized carbons (Fsp3) is 0.235. The van der Waals surface area contributed by atoms with Gasteiger partial charge in [-0.15, -0.1) is 0 Å². The molecule has 1 aromatic carbocycles. The Morgan fingerprint density at radius 3 is 2.62 bits per heavy atom. The first-order chi connectivity index (χ1) is 9.95. The lowest BCUT2D eigenvalue weighted by Crippen LogP contribution is -2.05. The number of pyridine rings is 1. The molecule has 0 aliphatic carbocycles. The van der Waals surface area contributed by atoms with E-state index in [0.29, 0.717) is 16.7 Å². The summed E-state index contributed by atoms with van der Waals surface area (Å²) in [6.45, 7) is 6.04. The van der Waals surface area contributed by atoms with Crippen molar-refractivity contribution < 1.29 is 4.74 Å². The van der Waals surface area contributed by atoms with Gasteiger partial charge in [-0.05, 0) is 42.7 Å². The third-order valence-electron chi connectivity index (χ3n) is 2.92. The quantitative estimate of drug-likeness (QED) is 0.881. The van der Waals surface area contributed by atoms with Crippen molar-refractivity contribution in [3.05, 3.63) is 63.0 Å². The van der Waals surface area contributed by atoms with Gasteiger partial charge >= 0.3 is 0 Å². The molecule has 1 heterocycles. The van der Waals surface area contributed by atoms with Gasteiger partial charge in [-0.2, -0.15) is 0 Å². The van der Waals surface area contributed by atoms with Crippen molar-refractivity contribution in [3.8, 4) is 11.5 Å². The largest absolute Gasteiger partial charge is 0.451 e. The number of aromatic amines is 1. The van der Waals surface area contributed by atoms with Crippen LogP contribution in [0, 0.1) is 12.8 Å². The molecule has 0 radical (unpaired) electrons. The fourth-order valence-corrected chi connectivity index (χ4v) is 2.02. The standard InChI is InChI=1S/C17H18ClNO2/c1-11(2)4-6-14-9-15(20)17(10-19-14)21-16-7-5-13(18)8-12(16)3/h4-11H,1-3H3,(H,19,20). The van der Waals surface area contributed by atoms with Crippen molar-refractivity contribution in [2.75, 3.05) is 0 Å². The van der Waals surface area contributed by atoms with E-state index in [4.69, 9.17) is 16.3 Å². The number of aromatic nitrogens is 1. The molecular weight excluding hydrogens is 286 g/mol. The molecule has 0 spiro atoms. The van der Waals surface area contributed by atoms with E-state index in [-0.39, 0.29) is 11.2 Å². The Kier molecular flexibility index (Phi) is 4.86. The summed E-state index contributed by atoms with van der Waals surface area (Å²) < 4.78 is 5.65. The molecule has 0 fully saturated rings. The third kappa shape index (κ3) is 4.23. The number of hydrogen-bond donors (Lipinski definition) is 1. The molecule has 2 rings (SSSR count). The molecular formula is C17H18ClNO2. The smallest absolute Gasteiger partial charge is 0.224 e. The molecule has 1 aromatic heterocycles. The van der Waals surface area contributed by atoms with Gasteiger partial charge in [0, 0.05) is 23.0 Å². The van der Waals surface area contributed by atoms with Gasteiger partial charge < -0.3 is 9.72 Å². The molecule has 0 aliphatic rings. The molecule has 3 nitrogen and oxygen atoms in total. The van der Waals surface area contributed by atoms with Gasteiger partial charge in [0.1, 0.15) is 5.75 Å². The number of ether oxygens (including phenoxy) is 1. The van der Waals surface area contributed by atoms with Crippen LogP contribution in [-0.2, 0) is 0 Å². The molecule has 4 heteroatoms. The van der Waals surface area contributed by atoms with E-state index in [1.165, 1.54) is 6.07 Å². The number of halogens is 1. The van der Waals surface area contributed by atoms with Crippen LogP contribution in [0.1, 0.15) is 25.1 Å². The van der Waals surface area contributed by atoms with Crippen LogP contribution in [0.4, 0.5) is 0 Å². The Hall–Kier alpha value is -2.00. The van der Waals surface area contributed by atoms with Crippen LogP contribution < -0.4 is 10.2 Å². The summed E-state index contributed by atoms with van der Waals surface area (Å²) in [6, 6.07) is 6.81. The van der Waals surface area contributed by atoms with Gasteiger partial charge in [0.05, 0.1) is 0 Å². The molecule has 0 saturated heterocycles. The predicted molar refractivity (Wildman–Crippen MR) is 87.2 cm³/mol. The number of rotatable bonds is 4. The highest BCUT2D eigenvalue weighted by Crippen LogP contribution is 2.25. The molecule has 110 valence electrons. The highest BCUT2D eigenvalue weighted by atomic mass is 35.5. The first-order valence-corrected chi connectivity index (χ1v) is 7.18. The van der Waals surface area contributed by atoms with Crippen LogP contribution in [0.15, 0.2) is 41.3 Å². The Balaban J connectivity index is 2.23. The minimum absolute atomic E-state index is 0.161. The zero-order chi connectivity index (χ0) is 15.4. The number of nitrogens with one attached hydrogen (secondary N) is 1. The molecule has 0 saturated carbocycles. The maximum Gasteiger partial charge on any atom is 0.224 e. The molecule has 0 unspecified atom stereocenters. The molecule has 0 aliphatic heterocycles. The average Bonchev–Trinajstić information content (AvgIpc) is 2.42. The van der Waals surface area contributed by atoms with E-state index >= 15 is 0 Å². The highest BCUT2D eigenvalue weighted by molar-refractivity contribution is 6.30. The van der Waals surface area contributed by atoms with Crippen molar-refractivity contribution in [2.24, 2.45) is 5.92 Å². The average molecular weight is 304 g/mol. The van der Waals surface area contributed by atoms with E-state index in [2.05, 4.69) is 18.8 Å². The minimum Gasteiger partial charge on any atom is -0.451 e. The van der Waals surface area contributed by atoms with Crippen LogP contribution in [0.3, 0.4) is 0 Å². The summed E-state index contributed by atoms with van der Waals surface area (Å²) in [4.78, 5) is 15.1. The number of H-pyrrole nitrogens is 1. The molecule has 0 bridgehead atoms. The SMILES string of the molecule is Cc1cc(Cl)ccc1Oc1c[nH]c(C=CC(C)C)cc1=O. The summed E-state index contributed by atoms with van der Waals surface area (Å²) >= 11 is 5.90. The molecule has 2 aromatic rings. The van der Waals surface area contributed by atoms with Crippen LogP contribution in [0.5, 0.6) is 11.5 Å². The molecule has 0 amide bonds. The lowest BCUT2D eigenvalue weighted by atomic mass is 10.2. The monoisotopic (exact) mass is 303 g/mol. The van der Waals surface area contributed by atoms with Crippen molar-refractivity contribution in [2.45, 2.75) is 20.8 Å². The van der Waals surface area contributed by atoms with Gasteiger partial charge in [-0.3, -0.25) is 4.79 Å². The topological polar surface area (TPSA) is 42.1 Å². The number of aryl methyl sites for hydroxylation is 1. The summed E-state index contributed by atoms with van der Waals surface area (Å²) in [6.07, 6.45) is 5.49. The number of allylic oxidation sites excluding steroid dienone is 1. The Labute approximate surface area is 129 Å². The van der Waals surface area contributed by atoms with Gasteiger partial charge in [0.25, 0.3) is 0 Å². The van der Waals surface area contributed by atoms with E-state index in [1.807, 2.05) is 19.1 Å². The van der Waals surface area contributed by atoms with Crippen molar-refractivity contribution >= 4 is 17.7 Å². The zero-order valence-electron chi connectivity index (χ0n) is 12.3. The summed E-state index contributed by atoms with van der Waals surface area (Å²) in [7, 11) is 0.